The van der Waals surface area contributed by atoms with E-state index in [-0.39, 0.29) is 30.4 Å². The maximum Gasteiger partial charge on any atom is 0.258 e. The first-order chi connectivity index (χ1) is 10.9. The van der Waals surface area contributed by atoms with Crippen molar-refractivity contribution in [1.82, 2.24) is 14.9 Å². The Bertz CT molecular complexity index is 758. The molecule has 0 saturated heterocycles. The lowest BCUT2D eigenvalue weighted by atomic mass is 9.95. The van der Waals surface area contributed by atoms with Gasteiger partial charge in [-0.1, -0.05) is 25.5 Å². The van der Waals surface area contributed by atoms with Gasteiger partial charge in [0.1, 0.15) is 5.82 Å². The predicted molar refractivity (Wildman–Crippen MR) is 98.2 cm³/mol. The van der Waals surface area contributed by atoms with Crippen LogP contribution in [0.5, 0.6) is 0 Å². The van der Waals surface area contributed by atoms with E-state index in [9.17, 15) is 9.59 Å². The molecule has 0 saturated carbocycles. The number of H-pyrrole nitrogens is 1. The maximum atomic E-state index is 12.6. The van der Waals surface area contributed by atoms with Crippen molar-refractivity contribution in [2.45, 2.75) is 45.7 Å². The topological polar surface area (TPSA) is 92.1 Å². The lowest BCUT2D eigenvalue weighted by Gasteiger charge is -2.30. The number of fused-ring (bicyclic) bond motifs is 1. The Hall–Kier alpha value is -1.92. The standard InChI is InChI=1S/C17H24N4O2.ClH/c1-4-10-17(3,18)16(23)21(5-2)11-14-19-13-9-7-6-8-12(13)15(22)20-14;/h6-9H,4-5,10-11,18H2,1-3H3,(H,19,20,22);1H. The molecule has 1 aromatic carbocycles. The minimum absolute atomic E-state index is 0. The van der Waals surface area contributed by atoms with Crippen LogP contribution in [0.4, 0.5) is 0 Å². The molecule has 6 nitrogen and oxygen atoms in total. The summed E-state index contributed by atoms with van der Waals surface area (Å²) in [6, 6.07) is 7.15. The third-order valence-electron chi connectivity index (χ3n) is 3.93. The molecule has 0 spiro atoms. The van der Waals surface area contributed by atoms with Gasteiger partial charge in [-0.15, -0.1) is 12.4 Å². The summed E-state index contributed by atoms with van der Waals surface area (Å²) < 4.78 is 0. The molecule has 2 rings (SSSR count). The van der Waals surface area contributed by atoms with Crippen molar-refractivity contribution in [3.63, 3.8) is 0 Å². The average molecular weight is 353 g/mol. The number of halogens is 1. The number of aromatic amines is 1. The number of aromatic nitrogens is 2. The molecular weight excluding hydrogens is 328 g/mol. The number of carbonyl (C=O) groups excluding carboxylic acids is 1. The first kappa shape index (κ1) is 20.1. The Morgan fingerprint density at radius 2 is 2.00 bits per heavy atom. The molecule has 24 heavy (non-hydrogen) atoms. The first-order valence-electron chi connectivity index (χ1n) is 7.95. The van der Waals surface area contributed by atoms with Crippen LogP contribution in [0.2, 0.25) is 0 Å². The van der Waals surface area contributed by atoms with Gasteiger partial charge in [-0.25, -0.2) is 4.98 Å². The summed E-state index contributed by atoms with van der Waals surface area (Å²) >= 11 is 0. The van der Waals surface area contributed by atoms with Gasteiger partial charge in [0.15, 0.2) is 0 Å². The first-order valence-corrected chi connectivity index (χ1v) is 7.95. The summed E-state index contributed by atoms with van der Waals surface area (Å²) in [5.41, 5.74) is 5.66. The number of nitrogens with two attached hydrogens (primary N) is 1. The third-order valence-corrected chi connectivity index (χ3v) is 3.93. The second-order valence-electron chi connectivity index (χ2n) is 6.02. The van der Waals surface area contributed by atoms with Crippen molar-refractivity contribution >= 4 is 29.2 Å². The molecule has 0 aliphatic carbocycles. The smallest absolute Gasteiger partial charge is 0.258 e. The van der Waals surface area contributed by atoms with Crippen molar-refractivity contribution in [2.24, 2.45) is 5.73 Å². The van der Waals surface area contributed by atoms with E-state index in [0.717, 1.165) is 6.42 Å². The zero-order valence-electron chi connectivity index (χ0n) is 14.3. The van der Waals surface area contributed by atoms with E-state index in [1.807, 2.05) is 19.9 Å². The van der Waals surface area contributed by atoms with E-state index in [2.05, 4.69) is 9.97 Å². The van der Waals surface area contributed by atoms with E-state index in [4.69, 9.17) is 5.73 Å². The molecule has 1 unspecified atom stereocenters. The quantitative estimate of drug-likeness (QED) is 0.833. The van der Waals surface area contributed by atoms with Crippen molar-refractivity contribution in [3.8, 4) is 0 Å². The number of likely N-dealkylation sites (N-methyl/N-ethyl adjacent to an activating group) is 1. The lowest BCUT2D eigenvalue weighted by molar-refractivity contribution is -0.137. The Balaban J connectivity index is 0.00000288. The molecule has 3 N–H and O–H groups in total. The Kier molecular flexibility index (Phi) is 6.93. The fraction of sp³-hybridized carbons (Fsp3) is 0.471. The molecule has 1 atom stereocenters. The van der Waals surface area contributed by atoms with E-state index in [0.29, 0.717) is 29.7 Å². The second kappa shape index (κ2) is 8.26. The Morgan fingerprint density at radius 1 is 1.33 bits per heavy atom. The molecular formula is C17H25ClN4O2. The second-order valence-corrected chi connectivity index (χ2v) is 6.02. The summed E-state index contributed by atoms with van der Waals surface area (Å²) in [6.45, 7) is 6.38. The van der Waals surface area contributed by atoms with Gasteiger partial charge < -0.3 is 15.6 Å². The van der Waals surface area contributed by atoms with Gasteiger partial charge in [0, 0.05) is 6.54 Å². The van der Waals surface area contributed by atoms with E-state index >= 15 is 0 Å². The zero-order valence-corrected chi connectivity index (χ0v) is 15.2. The highest BCUT2D eigenvalue weighted by Gasteiger charge is 2.31. The molecule has 132 valence electrons. The highest BCUT2D eigenvalue weighted by molar-refractivity contribution is 5.86. The lowest BCUT2D eigenvalue weighted by Crippen LogP contribution is -2.53. The molecule has 1 amide bonds. The number of amides is 1. The number of para-hydroxylation sites is 1. The predicted octanol–water partition coefficient (Wildman–Crippen LogP) is 2.21. The largest absolute Gasteiger partial charge is 0.334 e. The summed E-state index contributed by atoms with van der Waals surface area (Å²) in [5, 5.41) is 0.542. The van der Waals surface area contributed by atoms with Crippen LogP contribution < -0.4 is 11.3 Å². The molecule has 1 heterocycles. The summed E-state index contributed by atoms with van der Waals surface area (Å²) in [4.78, 5) is 33.6. The monoisotopic (exact) mass is 352 g/mol. The van der Waals surface area contributed by atoms with Crippen molar-refractivity contribution < 1.29 is 4.79 Å². The number of carbonyl (C=O) groups is 1. The van der Waals surface area contributed by atoms with Gasteiger partial charge in [0.05, 0.1) is 23.0 Å². The van der Waals surface area contributed by atoms with E-state index in [1.165, 1.54) is 0 Å². The average Bonchev–Trinajstić information content (AvgIpc) is 2.52. The number of rotatable bonds is 6. The normalized spacial score (nSPS) is 13.2. The van der Waals surface area contributed by atoms with Crippen LogP contribution in [0.25, 0.3) is 10.9 Å². The molecule has 7 heteroatoms. The van der Waals surface area contributed by atoms with Gasteiger partial charge in [-0.05, 0) is 32.4 Å². The molecule has 2 aromatic rings. The number of nitrogens with one attached hydrogen (secondary N) is 1. The number of hydrogen-bond acceptors (Lipinski definition) is 4. The van der Waals surface area contributed by atoms with E-state index < -0.39 is 5.54 Å². The Morgan fingerprint density at radius 3 is 2.62 bits per heavy atom. The SMILES string of the molecule is CCCC(C)(N)C(=O)N(CC)Cc1nc2ccccc2c(=O)[nH]1.Cl. The third kappa shape index (κ3) is 4.33. The summed E-state index contributed by atoms with van der Waals surface area (Å²) in [7, 11) is 0. The van der Waals surface area contributed by atoms with Crippen LogP contribution in [0.1, 0.15) is 39.4 Å². The van der Waals surface area contributed by atoms with Gasteiger partial charge in [0.25, 0.3) is 5.56 Å². The molecule has 0 aliphatic heterocycles. The molecule has 0 radical (unpaired) electrons. The van der Waals surface area contributed by atoms with E-state index in [1.54, 1.807) is 30.0 Å². The molecule has 0 fully saturated rings. The van der Waals surface area contributed by atoms with Gasteiger partial charge >= 0.3 is 0 Å². The van der Waals surface area contributed by atoms with Gasteiger partial charge in [-0.2, -0.15) is 0 Å². The van der Waals surface area contributed by atoms with Crippen LogP contribution in [0, 0.1) is 0 Å². The summed E-state index contributed by atoms with van der Waals surface area (Å²) in [6.07, 6.45) is 1.45. The van der Waals surface area contributed by atoms with Crippen LogP contribution in [0.3, 0.4) is 0 Å². The van der Waals surface area contributed by atoms with Crippen LogP contribution >= 0.6 is 12.4 Å². The minimum Gasteiger partial charge on any atom is -0.334 e. The van der Waals surface area contributed by atoms with Gasteiger partial charge in [0.2, 0.25) is 5.91 Å². The van der Waals surface area contributed by atoms with Crippen LogP contribution in [-0.2, 0) is 11.3 Å². The van der Waals surface area contributed by atoms with Gasteiger partial charge in [-0.3, -0.25) is 9.59 Å². The highest BCUT2D eigenvalue weighted by Crippen LogP contribution is 2.14. The minimum atomic E-state index is -0.901. The van der Waals surface area contributed by atoms with Crippen LogP contribution in [-0.4, -0.2) is 32.9 Å². The number of hydrogen-bond donors (Lipinski definition) is 2. The maximum absolute atomic E-state index is 12.6. The highest BCUT2D eigenvalue weighted by atomic mass is 35.5. The van der Waals surface area contributed by atoms with Crippen molar-refractivity contribution in [1.29, 1.82) is 0 Å². The molecule has 1 aromatic heterocycles. The molecule has 0 aliphatic rings. The van der Waals surface area contributed by atoms with Crippen LogP contribution in [0.15, 0.2) is 29.1 Å². The zero-order chi connectivity index (χ0) is 17.0. The number of nitrogens with zero attached hydrogens (tertiary/aromatic N) is 2. The summed E-state index contributed by atoms with van der Waals surface area (Å²) in [5.74, 6) is 0.342. The van der Waals surface area contributed by atoms with Crippen molar-refractivity contribution in [2.75, 3.05) is 6.54 Å². The number of benzene rings is 1. The molecule has 0 bridgehead atoms. The van der Waals surface area contributed by atoms with Crippen molar-refractivity contribution in [3.05, 3.63) is 40.4 Å². The fourth-order valence-electron chi connectivity index (χ4n) is 2.71. The Labute approximate surface area is 147 Å². The fourth-order valence-corrected chi connectivity index (χ4v) is 2.71.